The monoisotopic (exact) mass is 742 g/mol. The van der Waals surface area contributed by atoms with Crippen molar-refractivity contribution >= 4 is 28.3 Å². The highest BCUT2D eigenvalue weighted by Crippen LogP contribution is 2.69. The predicted molar refractivity (Wildman–Crippen MR) is 208 cm³/mol. The molecule has 0 aliphatic heterocycles. The van der Waals surface area contributed by atoms with Gasteiger partial charge in [0.05, 0.1) is 40.3 Å². The quantitative estimate of drug-likeness (QED) is 0.124. The van der Waals surface area contributed by atoms with Crippen molar-refractivity contribution in [3.8, 4) is 0 Å². The molecule has 5 N–H and O–H groups in total. The van der Waals surface area contributed by atoms with E-state index in [1.807, 2.05) is 37.3 Å². The maximum Gasteiger partial charge on any atom is 0.303 e. The highest BCUT2D eigenvalue weighted by Gasteiger charge is 2.66. The molecule has 9 heteroatoms. The zero-order valence-electron chi connectivity index (χ0n) is 32.6. The molecular formula is C45H59FN2O6. The lowest BCUT2D eigenvalue weighted by Gasteiger charge is -2.64. The third-order valence-electron chi connectivity index (χ3n) is 15.4. The molecule has 4 aliphatic carbocycles. The van der Waals surface area contributed by atoms with Gasteiger partial charge >= 0.3 is 5.97 Å². The zero-order chi connectivity index (χ0) is 38.7. The summed E-state index contributed by atoms with van der Waals surface area (Å²) in [6, 6.07) is 12.9. The van der Waals surface area contributed by atoms with Crippen LogP contribution in [0.5, 0.6) is 0 Å². The fourth-order valence-corrected chi connectivity index (χ4v) is 12.4. The lowest BCUT2D eigenvalue weighted by atomic mass is 9.42. The summed E-state index contributed by atoms with van der Waals surface area (Å²) < 4.78 is 15.6. The van der Waals surface area contributed by atoms with Crippen molar-refractivity contribution < 1.29 is 34.4 Å². The molecule has 4 fully saturated rings. The van der Waals surface area contributed by atoms with Gasteiger partial charge in [-0.2, -0.15) is 0 Å². The largest absolute Gasteiger partial charge is 0.481 e. The van der Waals surface area contributed by atoms with Crippen molar-refractivity contribution in [1.82, 2.24) is 4.98 Å². The van der Waals surface area contributed by atoms with Crippen LogP contribution < -0.4 is 5.32 Å². The number of anilines is 1. The number of Topliss-reactive ketones (excluding diaryl/α,β-unsaturated/α-hetero) is 1. The lowest BCUT2D eigenvalue weighted by Crippen LogP contribution is -2.63. The van der Waals surface area contributed by atoms with E-state index in [1.165, 1.54) is 13.0 Å². The summed E-state index contributed by atoms with van der Waals surface area (Å²) in [5.41, 5.74) is 2.54. The van der Waals surface area contributed by atoms with E-state index in [1.54, 1.807) is 6.07 Å². The van der Waals surface area contributed by atoms with Gasteiger partial charge in [0.1, 0.15) is 5.82 Å². The van der Waals surface area contributed by atoms with Gasteiger partial charge in [-0.15, -0.1) is 0 Å². The molecule has 4 aliphatic rings. The number of carbonyl (C=O) groups is 2. The molecule has 11 atom stereocenters. The number of para-hydroxylation sites is 1. The maximum atomic E-state index is 15.6. The molecule has 0 radical (unpaired) electrons. The standard InChI is InChI=1S/C45H59FN2O6/c1-25(10-15-39(52)53)32-13-14-33-41-34(22-38(51)44(32,33)5)43(4)18-19-45(54,23-30(43)21-37(41)50)17-16-29-12-11-28(20-35(29)46)24-47-42-31-8-6-7-9-36(31)48-26(2)40(42)27(3)49/h6-9,11-12,20,25,30,32-34,37-38,41,50-51,54H,10,13-19,21-24H2,1-5H3,(H,47,48)(H,52,53)/t25?,30?,32-,33?,34?,37?,38?,41?,43?,44?,45-/m1/s1. The van der Waals surface area contributed by atoms with Crippen LogP contribution in [-0.4, -0.2) is 55.0 Å². The summed E-state index contributed by atoms with van der Waals surface area (Å²) >= 11 is 0. The third kappa shape index (κ3) is 6.76. The first kappa shape index (κ1) is 38.9. The molecule has 1 heterocycles. The molecule has 0 saturated heterocycles. The Morgan fingerprint density at radius 2 is 1.81 bits per heavy atom. The number of rotatable bonds is 11. The van der Waals surface area contributed by atoms with Crippen LogP contribution in [0.15, 0.2) is 42.5 Å². The van der Waals surface area contributed by atoms with Gasteiger partial charge in [-0.25, -0.2) is 4.39 Å². The number of nitrogens with one attached hydrogen (secondary N) is 1. The van der Waals surface area contributed by atoms with Gasteiger partial charge in [0.15, 0.2) is 5.78 Å². The van der Waals surface area contributed by atoms with Crippen molar-refractivity contribution in [3.05, 3.63) is 70.7 Å². The SMILES string of the molecule is CC(=O)c1c(C)nc2ccccc2c1NCc1ccc(CC[C@@]2(O)CCC3(C)C(CC(O)C4C3CC(O)C3(C)C4CC[C@@H]3C(C)CCC(=O)O)C2)c(F)c1. The highest BCUT2D eigenvalue weighted by molar-refractivity contribution is 6.08. The van der Waals surface area contributed by atoms with Crippen molar-refractivity contribution in [2.45, 2.75) is 130 Å². The Balaban J connectivity index is 1.01. The summed E-state index contributed by atoms with van der Waals surface area (Å²) in [6.07, 6.45) is 5.64. The smallest absolute Gasteiger partial charge is 0.303 e. The van der Waals surface area contributed by atoms with Crippen LogP contribution in [0.4, 0.5) is 10.1 Å². The van der Waals surface area contributed by atoms with Gasteiger partial charge in [0, 0.05) is 18.4 Å². The van der Waals surface area contributed by atoms with E-state index in [9.17, 15) is 30.0 Å². The number of aliphatic hydroxyl groups excluding tert-OH is 2. The maximum absolute atomic E-state index is 15.6. The molecular weight excluding hydrogens is 684 g/mol. The van der Waals surface area contributed by atoms with E-state index in [2.05, 4.69) is 31.1 Å². The van der Waals surface area contributed by atoms with Crippen molar-refractivity contribution in [1.29, 1.82) is 0 Å². The summed E-state index contributed by atoms with van der Waals surface area (Å²) in [5.74, 6) is -0.256. The molecule has 1 aromatic heterocycles. The zero-order valence-corrected chi connectivity index (χ0v) is 32.6. The number of halogens is 1. The lowest BCUT2D eigenvalue weighted by molar-refractivity contribution is -0.216. The number of ketones is 1. The number of hydrogen-bond donors (Lipinski definition) is 5. The number of aliphatic hydroxyl groups is 3. The van der Waals surface area contributed by atoms with Crippen molar-refractivity contribution in [2.75, 3.05) is 5.32 Å². The van der Waals surface area contributed by atoms with E-state index >= 15 is 4.39 Å². The number of carbonyl (C=O) groups excluding carboxylic acids is 1. The van der Waals surface area contributed by atoms with E-state index < -0.39 is 23.8 Å². The minimum atomic E-state index is -0.966. The molecule has 2 aromatic carbocycles. The average molecular weight is 743 g/mol. The molecule has 7 rings (SSSR count). The van der Waals surface area contributed by atoms with Crippen LogP contribution in [0.2, 0.25) is 0 Å². The summed E-state index contributed by atoms with van der Waals surface area (Å²) in [5, 5.41) is 49.3. The average Bonchev–Trinajstić information content (AvgIpc) is 3.48. The van der Waals surface area contributed by atoms with E-state index in [0.29, 0.717) is 74.0 Å². The second kappa shape index (κ2) is 14.6. The van der Waals surface area contributed by atoms with Crippen LogP contribution in [0.3, 0.4) is 0 Å². The minimum Gasteiger partial charge on any atom is -0.481 e. The highest BCUT2D eigenvalue weighted by atomic mass is 19.1. The summed E-state index contributed by atoms with van der Waals surface area (Å²) in [4.78, 5) is 28.5. The molecule has 0 bridgehead atoms. The van der Waals surface area contributed by atoms with Crippen molar-refractivity contribution in [2.24, 2.45) is 46.3 Å². The number of aromatic nitrogens is 1. The number of nitrogens with zero attached hydrogens (tertiary/aromatic N) is 1. The van der Waals surface area contributed by atoms with Crippen LogP contribution >= 0.6 is 0 Å². The van der Waals surface area contributed by atoms with Gasteiger partial charge in [-0.1, -0.05) is 51.1 Å². The van der Waals surface area contributed by atoms with Crippen LogP contribution in [0.25, 0.3) is 10.9 Å². The minimum absolute atomic E-state index is 0.0824. The molecule has 54 heavy (non-hydrogen) atoms. The third-order valence-corrected chi connectivity index (χ3v) is 15.4. The number of carboxylic acids is 1. The van der Waals surface area contributed by atoms with Crippen molar-refractivity contribution in [3.63, 3.8) is 0 Å². The Morgan fingerprint density at radius 1 is 1.06 bits per heavy atom. The Hall–Kier alpha value is -3.40. The first-order chi connectivity index (χ1) is 25.6. The number of fused-ring (bicyclic) bond motifs is 6. The predicted octanol–water partition coefficient (Wildman–Crippen LogP) is 8.26. The Kier molecular flexibility index (Phi) is 10.5. The number of aliphatic carboxylic acids is 1. The fraction of sp³-hybridized carbons (Fsp3) is 0.622. The van der Waals surface area contributed by atoms with Crippen LogP contribution in [-0.2, 0) is 17.8 Å². The van der Waals surface area contributed by atoms with E-state index in [-0.39, 0.29) is 64.4 Å². The molecule has 0 amide bonds. The molecule has 8 nitrogen and oxygen atoms in total. The first-order valence-electron chi connectivity index (χ1n) is 20.3. The number of carboxylic acid groups (broad SMARTS) is 1. The second-order valence-electron chi connectivity index (χ2n) is 18.2. The van der Waals surface area contributed by atoms with Gasteiger partial charge in [-0.3, -0.25) is 14.6 Å². The Bertz CT molecular complexity index is 1920. The molecule has 292 valence electrons. The van der Waals surface area contributed by atoms with Gasteiger partial charge in [0.2, 0.25) is 0 Å². The summed E-state index contributed by atoms with van der Waals surface area (Å²) in [7, 11) is 0. The first-order valence-corrected chi connectivity index (χ1v) is 20.3. The molecule has 0 spiro atoms. The van der Waals surface area contributed by atoms with Gasteiger partial charge in [0.25, 0.3) is 0 Å². The number of aryl methyl sites for hydroxylation is 2. The topological polar surface area (TPSA) is 140 Å². The van der Waals surface area contributed by atoms with Crippen LogP contribution in [0.1, 0.15) is 119 Å². The number of pyridine rings is 1. The van der Waals surface area contributed by atoms with E-state index in [0.717, 1.165) is 35.7 Å². The Labute approximate surface area is 319 Å². The molecule has 4 saturated carbocycles. The number of hydrogen-bond acceptors (Lipinski definition) is 7. The van der Waals surface area contributed by atoms with Crippen LogP contribution in [0, 0.1) is 59.1 Å². The second-order valence-corrected chi connectivity index (χ2v) is 18.2. The molecule has 9 unspecified atom stereocenters. The fourth-order valence-electron chi connectivity index (χ4n) is 12.4. The normalized spacial score (nSPS) is 35.2. The summed E-state index contributed by atoms with van der Waals surface area (Å²) in [6.45, 7) is 10.3. The van der Waals surface area contributed by atoms with Gasteiger partial charge < -0.3 is 25.7 Å². The van der Waals surface area contributed by atoms with Gasteiger partial charge in [-0.05, 0) is 148 Å². The Morgan fingerprint density at radius 3 is 2.54 bits per heavy atom. The van der Waals surface area contributed by atoms with E-state index in [4.69, 9.17) is 0 Å². The molecule has 3 aromatic rings. The number of benzene rings is 2.